The number of amides is 1. The standard InChI is InChI=1S/C19H24N2O/c1-15(2)14-20-10-12-21(13-11-20)19(22)18-9-5-7-16-6-3-4-8-17(16)18/h3-9,15H,10-14H2,1-2H3. The number of hydrogen-bond donors (Lipinski definition) is 0. The Morgan fingerprint density at radius 1 is 1.00 bits per heavy atom. The van der Waals surface area contributed by atoms with Gasteiger partial charge in [0.25, 0.3) is 5.91 Å². The molecule has 22 heavy (non-hydrogen) atoms. The molecule has 116 valence electrons. The first-order chi connectivity index (χ1) is 10.6. The predicted molar refractivity (Wildman–Crippen MR) is 91.1 cm³/mol. The highest BCUT2D eigenvalue weighted by atomic mass is 16.2. The first kappa shape index (κ1) is 15.0. The minimum absolute atomic E-state index is 0.168. The van der Waals surface area contributed by atoms with Crippen molar-refractivity contribution in [2.45, 2.75) is 13.8 Å². The number of piperazine rings is 1. The van der Waals surface area contributed by atoms with E-state index < -0.39 is 0 Å². The van der Waals surface area contributed by atoms with Crippen LogP contribution in [0.25, 0.3) is 10.8 Å². The highest BCUT2D eigenvalue weighted by molar-refractivity contribution is 6.07. The molecule has 0 atom stereocenters. The van der Waals surface area contributed by atoms with Crippen molar-refractivity contribution in [3.05, 3.63) is 48.0 Å². The highest BCUT2D eigenvalue weighted by Crippen LogP contribution is 2.20. The molecule has 1 amide bonds. The summed E-state index contributed by atoms with van der Waals surface area (Å²) >= 11 is 0. The van der Waals surface area contributed by atoms with E-state index in [-0.39, 0.29) is 5.91 Å². The molecule has 0 bridgehead atoms. The molecule has 3 heteroatoms. The molecule has 1 heterocycles. The number of hydrogen-bond acceptors (Lipinski definition) is 2. The molecule has 2 aromatic carbocycles. The fraction of sp³-hybridized carbons (Fsp3) is 0.421. The maximum absolute atomic E-state index is 12.8. The van der Waals surface area contributed by atoms with Crippen molar-refractivity contribution >= 4 is 16.7 Å². The average Bonchev–Trinajstić information content (AvgIpc) is 2.54. The molecule has 1 saturated heterocycles. The second-order valence-corrected chi connectivity index (χ2v) is 6.51. The summed E-state index contributed by atoms with van der Waals surface area (Å²) in [5, 5.41) is 2.19. The third-order valence-electron chi connectivity index (χ3n) is 4.30. The van der Waals surface area contributed by atoms with Gasteiger partial charge in [-0.1, -0.05) is 50.2 Å². The van der Waals surface area contributed by atoms with Gasteiger partial charge >= 0.3 is 0 Å². The number of rotatable bonds is 3. The molecule has 3 rings (SSSR count). The van der Waals surface area contributed by atoms with Crippen molar-refractivity contribution in [2.24, 2.45) is 5.92 Å². The lowest BCUT2D eigenvalue weighted by molar-refractivity contribution is 0.0626. The lowest BCUT2D eigenvalue weighted by Crippen LogP contribution is -2.49. The minimum Gasteiger partial charge on any atom is -0.336 e. The van der Waals surface area contributed by atoms with Crippen LogP contribution in [-0.2, 0) is 0 Å². The van der Waals surface area contributed by atoms with Gasteiger partial charge in [0.1, 0.15) is 0 Å². The summed E-state index contributed by atoms with van der Waals surface area (Å²) in [6.07, 6.45) is 0. The van der Waals surface area contributed by atoms with Gasteiger partial charge in [-0.15, -0.1) is 0 Å². The van der Waals surface area contributed by atoms with Crippen molar-refractivity contribution in [2.75, 3.05) is 32.7 Å². The summed E-state index contributed by atoms with van der Waals surface area (Å²) < 4.78 is 0. The summed E-state index contributed by atoms with van der Waals surface area (Å²) in [7, 11) is 0. The lowest BCUT2D eigenvalue weighted by Gasteiger charge is -2.35. The largest absolute Gasteiger partial charge is 0.336 e. The van der Waals surface area contributed by atoms with Gasteiger partial charge in [0.2, 0.25) is 0 Å². The number of benzene rings is 2. The molecule has 0 saturated carbocycles. The second kappa shape index (κ2) is 6.49. The van der Waals surface area contributed by atoms with Crippen molar-refractivity contribution in [1.29, 1.82) is 0 Å². The van der Waals surface area contributed by atoms with Crippen molar-refractivity contribution < 1.29 is 4.79 Å². The zero-order valence-corrected chi connectivity index (χ0v) is 13.5. The van der Waals surface area contributed by atoms with E-state index in [0.717, 1.165) is 49.1 Å². The van der Waals surface area contributed by atoms with Crippen LogP contribution in [0, 0.1) is 5.92 Å². The second-order valence-electron chi connectivity index (χ2n) is 6.51. The fourth-order valence-electron chi connectivity index (χ4n) is 3.23. The number of nitrogens with zero attached hydrogens (tertiary/aromatic N) is 2. The van der Waals surface area contributed by atoms with E-state index in [9.17, 15) is 4.79 Å². The molecule has 3 nitrogen and oxygen atoms in total. The third kappa shape index (κ3) is 3.14. The Labute approximate surface area is 132 Å². The zero-order chi connectivity index (χ0) is 15.5. The van der Waals surface area contributed by atoms with Gasteiger partial charge in [0.05, 0.1) is 0 Å². The molecule has 1 aliphatic rings. The Morgan fingerprint density at radius 2 is 1.68 bits per heavy atom. The van der Waals surface area contributed by atoms with Gasteiger partial charge in [-0.05, 0) is 22.8 Å². The number of carbonyl (C=O) groups excluding carboxylic acids is 1. The van der Waals surface area contributed by atoms with E-state index in [1.165, 1.54) is 0 Å². The van der Waals surface area contributed by atoms with Crippen molar-refractivity contribution in [3.63, 3.8) is 0 Å². The van der Waals surface area contributed by atoms with Gasteiger partial charge in [-0.2, -0.15) is 0 Å². The summed E-state index contributed by atoms with van der Waals surface area (Å²) in [5.41, 5.74) is 0.829. The first-order valence-corrected chi connectivity index (χ1v) is 8.14. The maximum atomic E-state index is 12.8. The molecule has 0 aromatic heterocycles. The molecule has 0 unspecified atom stereocenters. The molecular weight excluding hydrogens is 272 g/mol. The van der Waals surface area contributed by atoms with Crippen LogP contribution >= 0.6 is 0 Å². The predicted octanol–water partition coefficient (Wildman–Crippen LogP) is 3.25. The van der Waals surface area contributed by atoms with Gasteiger partial charge < -0.3 is 4.90 Å². The van der Waals surface area contributed by atoms with E-state index in [1.54, 1.807) is 0 Å². The van der Waals surface area contributed by atoms with Crippen molar-refractivity contribution in [3.8, 4) is 0 Å². The van der Waals surface area contributed by atoms with Crippen LogP contribution in [0.5, 0.6) is 0 Å². The molecular formula is C19H24N2O. The van der Waals surface area contributed by atoms with E-state index in [4.69, 9.17) is 0 Å². The Kier molecular flexibility index (Phi) is 4.44. The third-order valence-corrected chi connectivity index (χ3v) is 4.30. The molecule has 1 aliphatic heterocycles. The molecule has 1 fully saturated rings. The van der Waals surface area contributed by atoms with Crippen molar-refractivity contribution in [1.82, 2.24) is 9.80 Å². The Balaban J connectivity index is 1.74. The molecule has 0 N–H and O–H groups in total. The Hall–Kier alpha value is -1.87. The fourth-order valence-corrected chi connectivity index (χ4v) is 3.23. The topological polar surface area (TPSA) is 23.6 Å². The molecule has 0 spiro atoms. The van der Waals surface area contributed by atoms with Crippen LogP contribution in [0.4, 0.5) is 0 Å². The average molecular weight is 296 g/mol. The summed E-state index contributed by atoms with van der Waals surface area (Å²) in [6, 6.07) is 14.1. The van der Waals surface area contributed by atoms with E-state index in [2.05, 4.69) is 30.9 Å². The van der Waals surface area contributed by atoms with E-state index in [0.29, 0.717) is 5.92 Å². The van der Waals surface area contributed by atoms with Gasteiger partial charge in [-0.25, -0.2) is 0 Å². The smallest absolute Gasteiger partial charge is 0.254 e. The molecule has 2 aromatic rings. The first-order valence-electron chi connectivity index (χ1n) is 8.14. The van der Waals surface area contributed by atoms with E-state index >= 15 is 0 Å². The van der Waals surface area contributed by atoms with Crippen LogP contribution in [0.1, 0.15) is 24.2 Å². The van der Waals surface area contributed by atoms with Gasteiger partial charge in [0, 0.05) is 38.3 Å². The number of fused-ring (bicyclic) bond motifs is 1. The maximum Gasteiger partial charge on any atom is 0.254 e. The van der Waals surface area contributed by atoms with E-state index in [1.807, 2.05) is 35.2 Å². The van der Waals surface area contributed by atoms with Crippen LogP contribution in [-0.4, -0.2) is 48.4 Å². The quantitative estimate of drug-likeness (QED) is 0.868. The van der Waals surface area contributed by atoms with Gasteiger partial charge in [0.15, 0.2) is 0 Å². The van der Waals surface area contributed by atoms with Crippen LogP contribution in [0.2, 0.25) is 0 Å². The zero-order valence-electron chi connectivity index (χ0n) is 13.5. The number of carbonyl (C=O) groups is 1. The molecule has 0 aliphatic carbocycles. The SMILES string of the molecule is CC(C)CN1CCN(C(=O)c2cccc3ccccc23)CC1. The Bertz CT molecular complexity index is 652. The minimum atomic E-state index is 0.168. The summed E-state index contributed by atoms with van der Waals surface area (Å²) in [5.74, 6) is 0.848. The summed E-state index contributed by atoms with van der Waals surface area (Å²) in [4.78, 5) is 17.3. The summed E-state index contributed by atoms with van der Waals surface area (Å²) in [6.45, 7) is 9.23. The highest BCUT2D eigenvalue weighted by Gasteiger charge is 2.23. The normalized spacial score (nSPS) is 16.4. The van der Waals surface area contributed by atoms with Gasteiger partial charge in [-0.3, -0.25) is 9.69 Å². The van der Waals surface area contributed by atoms with Crippen LogP contribution in [0.15, 0.2) is 42.5 Å². The lowest BCUT2D eigenvalue weighted by atomic mass is 10.0. The molecule has 0 radical (unpaired) electrons. The monoisotopic (exact) mass is 296 g/mol. The van der Waals surface area contributed by atoms with Crippen LogP contribution < -0.4 is 0 Å². The Morgan fingerprint density at radius 3 is 2.41 bits per heavy atom. The van der Waals surface area contributed by atoms with Crippen LogP contribution in [0.3, 0.4) is 0 Å².